The first-order chi connectivity index (χ1) is 18.7. The molecule has 2 aliphatic rings. The highest BCUT2D eigenvalue weighted by Gasteiger charge is 2.46. The molecule has 2 aromatic carbocycles. The number of aliphatic imine (C=N–C) groups is 1. The van der Waals surface area contributed by atoms with Gasteiger partial charge in [0.1, 0.15) is 12.5 Å². The Balaban J connectivity index is 1.74. The van der Waals surface area contributed by atoms with Gasteiger partial charge in [-0.05, 0) is 55.0 Å². The number of nitrogens with zero attached hydrogens (tertiary/aromatic N) is 2. The SMILES string of the molecule is CCOC(=O)C1C(C)=NC2=C(C(=O)CC(C)(C)C2)[C@@H]1c1ccc(OCc2cccc(C(F)(F)F)c2)c([N+](=O)[O-])c1. The Morgan fingerprint density at radius 3 is 2.55 bits per heavy atom. The van der Waals surface area contributed by atoms with Crippen molar-refractivity contribution in [1.82, 2.24) is 0 Å². The van der Waals surface area contributed by atoms with Crippen molar-refractivity contribution in [3.05, 3.63) is 80.5 Å². The van der Waals surface area contributed by atoms with Crippen molar-refractivity contribution in [2.75, 3.05) is 6.61 Å². The number of hydrogen-bond acceptors (Lipinski definition) is 7. The maximum atomic E-state index is 13.4. The van der Waals surface area contributed by atoms with Gasteiger partial charge < -0.3 is 9.47 Å². The number of carbonyl (C=O) groups is 2. The number of esters is 1. The Morgan fingerprint density at radius 1 is 1.18 bits per heavy atom. The van der Waals surface area contributed by atoms with Gasteiger partial charge in [0, 0.05) is 35.4 Å². The molecule has 212 valence electrons. The quantitative estimate of drug-likeness (QED) is 0.216. The number of alkyl halides is 3. The summed E-state index contributed by atoms with van der Waals surface area (Å²) in [5, 5.41) is 12.1. The Morgan fingerprint density at radius 2 is 1.90 bits per heavy atom. The van der Waals surface area contributed by atoms with Crippen molar-refractivity contribution in [1.29, 1.82) is 0 Å². The minimum atomic E-state index is -4.54. The van der Waals surface area contributed by atoms with Gasteiger partial charge in [-0.3, -0.25) is 24.7 Å². The topological polar surface area (TPSA) is 108 Å². The molecule has 0 saturated carbocycles. The van der Waals surface area contributed by atoms with E-state index in [1.165, 1.54) is 30.3 Å². The van der Waals surface area contributed by atoms with Gasteiger partial charge in [-0.25, -0.2) is 0 Å². The van der Waals surface area contributed by atoms with Crippen LogP contribution in [0, 0.1) is 21.4 Å². The molecule has 40 heavy (non-hydrogen) atoms. The predicted molar refractivity (Wildman–Crippen MR) is 140 cm³/mol. The maximum Gasteiger partial charge on any atom is 0.416 e. The van der Waals surface area contributed by atoms with E-state index in [2.05, 4.69) is 4.99 Å². The van der Waals surface area contributed by atoms with E-state index < -0.39 is 40.2 Å². The van der Waals surface area contributed by atoms with Crippen molar-refractivity contribution in [3.63, 3.8) is 0 Å². The largest absolute Gasteiger partial charge is 0.482 e. The lowest BCUT2D eigenvalue weighted by Crippen LogP contribution is -2.39. The van der Waals surface area contributed by atoms with Crippen LogP contribution in [0.25, 0.3) is 0 Å². The molecule has 2 aromatic rings. The number of nitro benzene ring substituents is 1. The van der Waals surface area contributed by atoms with Crippen molar-refractivity contribution in [3.8, 4) is 5.75 Å². The molecule has 0 radical (unpaired) electrons. The summed E-state index contributed by atoms with van der Waals surface area (Å²) in [6.45, 7) is 6.99. The third-order valence-electron chi connectivity index (χ3n) is 7.03. The van der Waals surface area contributed by atoms with Crippen molar-refractivity contribution >= 4 is 23.2 Å². The van der Waals surface area contributed by atoms with Crippen LogP contribution in [0.4, 0.5) is 18.9 Å². The van der Waals surface area contributed by atoms with Crippen LogP contribution in [0.5, 0.6) is 5.75 Å². The summed E-state index contributed by atoms with van der Waals surface area (Å²) < 4.78 is 50.1. The van der Waals surface area contributed by atoms with Gasteiger partial charge in [0.15, 0.2) is 11.5 Å². The molecule has 8 nitrogen and oxygen atoms in total. The van der Waals surface area contributed by atoms with E-state index in [0.717, 1.165) is 12.1 Å². The molecule has 1 aliphatic heterocycles. The van der Waals surface area contributed by atoms with Gasteiger partial charge in [0.2, 0.25) is 0 Å². The molecule has 11 heteroatoms. The number of hydrogen-bond donors (Lipinski definition) is 0. The Kier molecular flexibility index (Phi) is 7.87. The van der Waals surface area contributed by atoms with E-state index >= 15 is 0 Å². The lowest BCUT2D eigenvalue weighted by atomic mass is 9.67. The summed E-state index contributed by atoms with van der Waals surface area (Å²) >= 11 is 0. The first-order valence-electron chi connectivity index (χ1n) is 12.8. The van der Waals surface area contributed by atoms with Crippen LogP contribution in [0.15, 0.2) is 58.7 Å². The number of halogens is 3. The maximum absolute atomic E-state index is 13.4. The number of benzene rings is 2. The van der Waals surface area contributed by atoms with E-state index in [9.17, 15) is 32.9 Å². The lowest BCUT2D eigenvalue weighted by molar-refractivity contribution is -0.386. The highest BCUT2D eigenvalue weighted by atomic mass is 19.4. The zero-order valence-electron chi connectivity index (χ0n) is 22.5. The van der Waals surface area contributed by atoms with Crippen molar-refractivity contribution < 1.29 is 37.2 Å². The number of rotatable bonds is 7. The Bertz CT molecular complexity index is 1430. The molecule has 1 heterocycles. The molecule has 0 amide bonds. The van der Waals surface area contributed by atoms with E-state index in [1.54, 1.807) is 13.8 Å². The van der Waals surface area contributed by atoms with Crippen LogP contribution in [-0.4, -0.2) is 29.0 Å². The normalized spacial score (nSPS) is 20.5. The van der Waals surface area contributed by atoms with Crippen molar-refractivity contribution in [2.24, 2.45) is 16.3 Å². The molecule has 4 rings (SSSR count). The third-order valence-corrected chi connectivity index (χ3v) is 7.03. The van der Waals surface area contributed by atoms with Crippen LogP contribution < -0.4 is 4.74 Å². The summed E-state index contributed by atoms with van der Waals surface area (Å²) in [5.41, 5.74) is 0.215. The molecular weight excluding hydrogens is 529 g/mol. The summed E-state index contributed by atoms with van der Waals surface area (Å²) in [7, 11) is 0. The summed E-state index contributed by atoms with van der Waals surface area (Å²) in [6, 6.07) is 8.60. The van der Waals surface area contributed by atoms with Crippen LogP contribution in [0.2, 0.25) is 0 Å². The highest BCUT2D eigenvalue weighted by Crippen LogP contribution is 2.49. The van der Waals surface area contributed by atoms with E-state index in [1.807, 2.05) is 13.8 Å². The fourth-order valence-electron chi connectivity index (χ4n) is 5.33. The molecule has 0 spiro atoms. The molecular formula is C29H29F3N2O6. The number of carbonyl (C=O) groups excluding carboxylic acids is 2. The summed E-state index contributed by atoms with van der Waals surface area (Å²) in [4.78, 5) is 42.4. The highest BCUT2D eigenvalue weighted by molar-refractivity contribution is 6.09. The second-order valence-corrected chi connectivity index (χ2v) is 10.7. The van der Waals surface area contributed by atoms with Gasteiger partial charge >= 0.3 is 17.8 Å². The average molecular weight is 559 g/mol. The van der Waals surface area contributed by atoms with Gasteiger partial charge in [-0.1, -0.05) is 32.0 Å². The first kappa shape index (κ1) is 29.0. The number of allylic oxidation sites excluding steroid dienone is 2. The van der Waals surface area contributed by atoms with Crippen LogP contribution in [0.3, 0.4) is 0 Å². The molecule has 0 aromatic heterocycles. The molecule has 0 bridgehead atoms. The van der Waals surface area contributed by atoms with Crippen molar-refractivity contribution in [2.45, 2.75) is 59.2 Å². The van der Waals surface area contributed by atoms with Gasteiger partial charge in [0.25, 0.3) is 0 Å². The smallest absolute Gasteiger partial charge is 0.416 e. The van der Waals surface area contributed by atoms with Gasteiger partial charge in [-0.2, -0.15) is 13.2 Å². The van der Waals surface area contributed by atoms with E-state index in [4.69, 9.17) is 9.47 Å². The summed E-state index contributed by atoms with van der Waals surface area (Å²) in [5.74, 6) is -2.75. The molecule has 0 N–H and O–H groups in total. The third kappa shape index (κ3) is 5.93. The fraction of sp³-hybridized carbons (Fsp3) is 0.414. The summed E-state index contributed by atoms with van der Waals surface area (Å²) in [6.07, 6.45) is -3.82. The van der Waals surface area contributed by atoms with Crippen LogP contribution in [-0.2, 0) is 27.1 Å². The minimum absolute atomic E-state index is 0.102. The zero-order chi connectivity index (χ0) is 29.4. The number of ether oxygens (including phenoxy) is 2. The Labute approximate surface area is 229 Å². The fourth-order valence-corrected chi connectivity index (χ4v) is 5.33. The van der Waals surface area contributed by atoms with Gasteiger partial charge in [0.05, 0.1) is 17.1 Å². The second kappa shape index (κ2) is 10.9. The van der Waals surface area contributed by atoms with Crippen LogP contribution in [0.1, 0.15) is 63.1 Å². The van der Waals surface area contributed by atoms with Gasteiger partial charge in [-0.15, -0.1) is 0 Å². The monoisotopic (exact) mass is 558 g/mol. The predicted octanol–water partition coefficient (Wildman–Crippen LogP) is 6.57. The minimum Gasteiger partial charge on any atom is -0.482 e. The molecule has 2 atom stereocenters. The van der Waals surface area contributed by atoms with E-state index in [0.29, 0.717) is 29.0 Å². The van der Waals surface area contributed by atoms with E-state index in [-0.39, 0.29) is 42.1 Å². The number of nitro groups is 1. The number of ketones is 1. The van der Waals surface area contributed by atoms with Crippen LogP contribution >= 0.6 is 0 Å². The standard InChI is InChI=1S/C29H29F3N2O6/c1-5-39-27(36)24-16(2)33-20-13-28(3,4)14-22(35)26(20)25(24)18-9-10-23(21(12-18)34(37)38)40-15-17-7-6-8-19(11-17)29(30,31)32/h6-12,24-25H,5,13-15H2,1-4H3/t24?,25-/m1/s1. The first-order valence-corrected chi connectivity index (χ1v) is 12.8. The average Bonchev–Trinajstić information content (AvgIpc) is 2.85. The zero-order valence-corrected chi connectivity index (χ0v) is 22.5. The Hall–Kier alpha value is -4.02. The molecule has 1 unspecified atom stereocenters. The molecule has 0 saturated heterocycles. The molecule has 0 fully saturated rings. The lowest BCUT2D eigenvalue weighted by Gasteiger charge is -2.38. The second-order valence-electron chi connectivity index (χ2n) is 10.7. The number of Topliss-reactive ketones (excluding diaryl/α,β-unsaturated/α-hetero) is 1. The molecule has 1 aliphatic carbocycles.